The maximum Gasteiger partial charge on any atom is 0.143 e. The Hall–Kier alpha value is -2.08. The Bertz CT molecular complexity index is 745. The lowest BCUT2D eigenvalue weighted by molar-refractivity contribution is -0.117. The quantitative estimate of drug-likeness (QED) is 0.565. The molecule has 0 aromatic heterocycles. The predicted octanol–water partition coefficient (Wildman–Crippen LogP) is 3.05. The van der Waals surface area contributed by atoms with Crippen LogP contribution in [0.5, 0.6) is 0 Å². The Morgan fingerprint density at radius 3 is 2.48 bits per heavy atom. The molecule has 5 nitrogen and oxygen atoms in total. The Labute approximate surface area is 151 Å². The lowest BCUT2D eigenvalue weighted by Crippen LogP contribution is -2.27. The molecule has 1 aromatic carbocycles. The van der Waals surface area contributed by atoms with Crippen molar-refractivity contribution in [2.75, 3.05) is 12.4 Å². The molecule has 0 aliphatic heterocycles. The highest BCUT2D eigenvalue weighted by molar-refractivity contribution is 6.31. The van der Waals surface area contributed by atoms with Crippen molar-refractivity contribution in [2.24, 2.45) is 34.2 Å². The van der Waals surface area contributed by atoms with Crippen molar-refractivity contribution in [1.29, 1.82) is 0 Å². The minimum absolute atomic E-state index is 0.0174. The summed E-state index contributed by atoms with van der Waals surface area (Å²) >= 11 is 5.84. The molecule has 0 radical (unpaired) electrons. The van der Waals surface area contributed by atoms with Gasteiger partial charge < -0.3 is 16.8 Å². The number of carbonyl (C=O) groups excluding carboxylic acids is 1. The van der Waals surface area contributed by atoms with Gasteiger partial charge in [0.2, 0.25) is 0 Å². The number of rotatable bonds is 4. The third kappa shape index (κ3) is 3.63. The molecule has 2 saturated carbocycles. The summed E-state index contributed by atoms with van der Waals surface area (Å²) in [5, 5.41) is 3.15. The van der Waals surface area contributed by atoms with E-state index in [1.165, 1.54) is 12.1 Å². The van der Waals surface area contributed by atoms with Crippen molar-refractivity contribution >= 4 is 28.9 Å². The number of nitrogens with zero attached hydrogens (tertiary/aromatic N) is 1. The maximum absolute atomic E-state index is 13.4. The molecule has 7 heteroatoms. The van der Waals surface area contributed by atoms with Gasteiger partial charge in [-0.1, -0.05) is 11.6 Å². The van der Waals surface area contributed by atoms with Gasteiger partial charge in [0.25, 0.3) is 0 Å². The zero-order valence-electron chi connectivity index (χ0n) is 14.1. The van der Waals surface area contributed by atoms with E-state index in [0.717, 1.165) is 12.8 Å². The van der Waals surface area contributed by atoms with Gasteiger partial charge in [0.1, 0.15) is 23.1 Å². The van der Waals surface area contributed by atoms with Crippen LogP contribution >= 0.6 is 11.6 Å². The van der Waals surface area contributed by atoms with Crippen LogP contribution in [0.25, 0.3) is 0 Å². The summed E-state index contributed by atoms with van der Waals surface area (Å²) in [6.45, 7) is 0. The number of hydrogen-bond acceptors (Lipinski definition) is 4. The summed E-state index contributed by atoms with van der Waals surface area (Å²) in [4.78, 5) is 15.6. The Morgan fingerprint density at radius 2 is 1.92 bits per heavy atom. The summed E-state index contributed by atoms with van der Waals surface area (Å²) in [5.74, 6) is 1.13. The highest BCUT2D eigenvalue weighted by Gasteiger charge is 2.42. The number of halogens is 2. The van der Waals surface area contributed by atoms with Gasteiger partial charge in [-0.25, -0.2) is 4.39 Å². The molecule has 0 spiro atoms. The van der Waals surface area contributed by atoms with Crippen LogP contribution in [0, 0.1) is 23.6 Å². The number of hydrogen-bond donors (Lipinski definition) is 3. The number of amidine groups is 1. The fourth-order valence-electron chi connectivity index (χ4n) is 3.95. The number of Topliss-reactive ketones (excluding diaryl/α,β-unsaturated/α-hetero) is 1. The van der Waals surface area contributed by atoms with Gasteiger partial charge in [-0.2, -0.15) is 0 Å². The van der Waals surface area contributed by atoms with Crippen LogP contribution < -0.4 is 16.8 Å². The summed E-state index contributed by atoms with van der Waals surface area (Å²) < 4.78 is 13.4. The second-order valence-electron chi connectivity index (χ2n) is 6.83. The van der Waals surface area contributed by atoms with Crippen molar-refractivity contribution in [3.8, 4) is 0 Å². The smallest absolute Gasteiger partial charge is 0.143 e. The summed E-state index contributed by atoms with van der Waals surface area (Å²) in [5.41, 5.74) is 14.2. The third-order valence-electron chi connectivity index (χ3n) is 5.24. The zero-order valence-corrected chi connectivity index (χ0v) is 14.8. The molecule has 2 aliphatic carbocycles. The average Bonchev–Trinajstić information content (AvgIpc) is 3.11. The minimum atomic E-state index is -0.490. The van der Waals surface area contributed by atoms with Crippen molar-refractivity contribution in [1.82, 2.24) is 0 Å². The highest BCUT2D eigenvalue weighted by atomic mass is 35.5. The second-order valence-corrected chi connectivity index (χ2v) is 7.24. The lowest BCUT2D eigenvalue weighted by atomic mass is 9.98. The fraction of sp³-hybridized carbons (Fsp3) is 0.444. The largest absolute Gasteiger partial charge is 0.400 e. The summed E-state index contributed by atoms with van der Waals surface area (Å²) in [6, 6.07) is 4.33. The molecule has 0 heterocycles. The van der Waals surface area contributed by atoms with Gasteiger partial charge in [0.05, 0.1) is 5.02 Å². The van der Waals surface area contributed by atoms with Crippen LogP contribution in [0.3, 0.4) is 0 Å². The van der Waals surface area contributed by atoms with Gasteiger partial charge >= 0.3 is 0 Å². The van der Waals surface area contributed by atoms with Crippen molar-refractivity contribution in [2.45, 2.75) is 25.7 Å². The molecule has 2 aliphatic rings. The first-order valence-electron chi connectivity index (χ1n) is 8.35. The molecule has 5 N–H and O–H groups in total. The van der Waals surface area contributed by atoms with Crippen LogP contribution in [0.4, 0.5) is 10.1 Å². The van der Waals surface area contributed by atoms with E-state index in [4.69, 9.17) is 23.1 Å². The number of aliphatic imine (C=N–C) groups is 1. The number of fused-ring (bicyclic) bond motifs is 1. The van der Waals surface area contributed by atoms with E-state index in [1.54, 1.807) is 13.1 Å². The van der Waals surface area contributed by atoms with E-state index in [-0.39, 0.29) is 16.8 Å². The van der Waals surface area contributed by atoms with E-state index in [2.05, 4.69) is 10.3 Å². The number of nitrogens with two attached hydrogens (primary N) is 2. The van der Waals surface area contributed by atoms with Crippen LogP contribution in [0.1, 0.15) is 25.7 Å². The number of nitrogens with one attached hydrogen (secondary N) is 1. The lowest BCUT2D eigenvalue weighted by Gasteiger charge is -2.19. The summed E-state index contributed by atoms with van der Waals surface area (Å²) in [7, 11) is 1.59. The van der Waals surface area contributed by atoms with Crippen molar-refractivity contribution < 1.29 is 9.18 Å². The van der Waals surface area contributed by atoms with E-state index in [1.807, 2.05) is 0 Å². The van der Waals surface area contributed by atoms with E-state index >= 15 is 0 Å². The number of carbonyl (C=O) groups is 1. The minimum Gasteiger partial charge on any atom is -0.400 e. The van der Waals surface area contributed by atoms with Gasteiger partial charge in [0.15, 0.2) is 0 Å². The zero-order chi connectivity index (χ0) is 18.1. The fourth-order valence-corrected chi connectivity index (χ4v) is 4.13. The second kappa shape index (κ2) is 7.04. The Balaban J connectivity index is 1.85. The van der Waals surface area contributed by atoms with Gasteiger partial charge in [-0.05, 0) is 42.9 Å². The SMILES string of the molecule is CN=C(N)/C(Nc1ccc(F)c(Cl)c1)=C(\N)C1CC2CC(=O)CC2C1. The normalized spacial score (nSPS) is 27.2. The van der Waals surface area contributed by atoms with Crippen LogP contribution in [-0.2, 0) is 4.79 Å². The number of allylic oxidation sites excluding steroid dienone is 1. The average molecular weight is 365 g/mol. The molecule has 0 amide bonds. The molecule has 2 atom stereocenters. The first-order valence-corrected chi connectivity index (χ1v) is 8.72. The van der Waals surface area contributed by atoms with Gasteiger partial charge in [-0.15, -0.1) is 0 Å². The van der Waals surface area contributed by atoms with Crippen molar-refractivity contribution in [3.63, 3.8) is 0 Å². The molecule has 1 aromatic rings. The molecule has 2 unspecified atom stereocenters. The van der Waals surface area contributed by atoms with Gasteiger partial charge in [0, 0.05) is 37.2 Å². The summed E-state index contributed by atoms with van der Waals surface area (Å²) in [6.07, 6.45) is 3.08. The van der Waals surface area contributed by atoms with E-state index < -0.39 is 5.82 Å². The van der Waals surface area contributed by atoms with E-state index in [9.17, 15) is 9.18 Å². The molecule has 3 rings (SSSR count). The van der Waals surface area contributed by atoms with Crippen LogP contribution in [-0.4, -0.2) is 18.7 Å². The standard InChI is InChI=1S/C18H22ClFN4O/c1-23-18(22)17(24-12-2-3-15(20)14(19)8-12)16(21)11-4-9-6-13(25)7-10(9)5-11/h2-3,8-11,24H,4-7,21H2,1H3,(H2,22,23)/b17-16+. The first-order chi connectivity index (χ1) is 11.9. The van der Waals surface area contributed by atoms with Crippen LogP contribution in [0.2, 0.25) is 5.02 Å². The molecule has 134 valence electrons. The van der Waals surface area contributed by atoms with Crippen molar-refractivity contribution in [3.05, 3.63) is 40.4 Å². The maximum atomic E-state index is 13.4. The van der Waals surface area contributed by atoms with Gasteiger partial charge in [-0.3, -0.25) is 9.79 Å². The molecule has 0 saturated heterocycles. The van der Waals surface area contributed by atoms with Crippen LogP contribution in [0.15, 0.2) is 34.6 Å². The van der Waals surface area contributed by atoms with E-state index in [0.29, 0.717) is 47.5 Å². The third-order valence-corrected chi connectivity index (χ3v) is 5.53. The highest BCUT2D eigenvalue weighted by Crippen LogP contribution is 2.47. The Kier molecular flexibility index (Phi) is 4.99. The topological polar surface area (TPSA) is 93.5 Å². The Morgan fingerprint density at radius 1 is 1.28 bits per heavy atom. The first kappa shape index (κ1) is 17.7. The monoisotopic (exact) mass is 364 g/mol. The molecular formula is C18H22ClFN4O. The number of ketones is 1. The molecule has 25 heavy (non-hydrogen) atoms. The number of benzene rings is 1. The molecule has 0 bridgehead atoms. The molecule has 2 fully saturated rings. The molecular weight excluding hydrogens is 343 g/mol. The predicted molar refractivity (Wildman–Crippen MR) is 97.7 cm³/mol. The number of anilines is 1.